The first-order valence-electron chi connectivity index (χ1n) is 7.11. The van der Waals surface area contributed by atoms with E-state index in [4.69, 9.17) is 9.26 Å². The lowest BCUT2D eigenvalue weighted by Crippen LogP contribution is -2.42. The van der Waals surface area contributed by atoms with Crippen molar-refractivity contribution in [3.05, 3.63) is 35.9 Å². The Kier molecular flexibility index (Phi) is 5.94. The second kappa shape index (κ2) is 7.71. The van der Waals surface area contributed by atoms with Crippen molar-refractivity contribution in [3.63, 3.8) is 0 Å². The van der Waals surface area contributed by atoms with E-state index in [1.54, 1.807) is 6.92 Å². The Morgan fingerprint density at radius 1 is 1.48 bits per heavy atom. The highest BCUT2D eigenvalue weighted by atomic mass is 31.2. The fraction of sp³-hybridized carbons (Fsp3) is 0.500. The van der Waals surface area contributed by atoms with E-state index in [0.717, 1.165) is 12.0 Å². The standard InChI is InChI=1S/C14H21N2O4P/c1-2-19-14(17)13(11-12-7-4-3-5-8-12)16-21(18)15-9-6-10-20-21/h3-5,7-8,13H,2,6,9-11H2,1H3,(H2,15,16,18). The highest BCUT2D eigenvalue weighted by Crippen LogP contribution is 2.40. The second-order valence-corrected chi connectivity index (χ2v) is 6.71. The summed E-state index contributed by atoms with van der Waals surface area (Å²) in [6, 6.07) is 8.83. The molecule has 0 radical (unpaired) electrons. The zero-order valence-corrected chi connectivity index (χ0v) is 13.0. The molecule has 2 rings (SSSR count). The third-order valence-electron chi connectivity index (χ3n) is 3.09. The number of carbonyl (C=O) groups excluding carboxylic acids is 1. The van der Waals surface area contributed by atoms with Crippen LogP contribution in [0.25, 0.3) is 0 Å². The topological polar surface area (TPSA) is 76.7 Å². The summed E-state index contributed by atoms with van der Waals surface area (Å²) in [7, 11) is -3.18. The van der Waals surface area contributed by atoms with Crippen molar-refractivity contribution in [3.8, 4) is 0 Å². The first-order chi connectivity index (χ1) is 10.1. The van der Waals surface area contributed by atoms with E-state index in [9.17, 15) is 9.36 Å². The van der Waals surface area contributed by atoms with Gasteiger partial charge in [0, 0.05) is 6.54 Å². The van der Waals surface area contributed by atoms with Crippen LogP contribution in [-0.2, 0) is 25.0 Å². The summed E-state index contributed by atoms with van der Waals surface area (Å²) in [4.78, 5) is 12.1. The fourth-order valence-electron chi connectivity index (χ4n) is 2.10. The Morgan fingerprint density at radius 2 is 2.24 bits per heavy atom. The maximum atomic E-state index is 12.5. The van der Waals surface area contributed by atoms with Crippen molar-refractivity contribution < 1.29 is 18.6 Å². The number of hydrogen-bond acceptors (Lipinski definition) is 4. The van der Waals surface area contributed by atoms with E-state index in [0.29, 0.717) is 19.6 Å². The molecular weight excluding hydrogens is 291 g/mol. The Balaban J connectivity index is 2.08. The SMILES string of the molecule is CCOC(=O)C(Cc1ccccc1)NP1(=O)NCCCO1. The van der Waals surface area contributed by atoms with Crippen molar-refractivity contribution in [1.82, 2.24) is 10.2 Å². The van der Waals surface area contributed by atoms with Crippen LogP contribution in [0.2, 0.25) is 0 Å². The van der Waals surface area contributed by atoms with Crippen molar-refractivity contribution in [1.29, 1.82) is 0 Å². The van der Waals surface area contributed by atoms with Gasteiger partial charge >= 0.3 is 13.6 Å². The Bertz CT molecular complexity index is 499. The Hall–Kier alpha value is -1.20. The Labute approximate surface area is 124 Å². The van der Waals surface area contributed by atoms with Crippen LogP contribution in [0.3, 0.4) is 0 Å². The van der Waals surface area contributed by atoms with Crippen molar-refractivity contribution in [2.75, 3.05) is 19.8 Å². The van der Waals surface area contributed by atoms with Gasteiger partial charge in [-0.1, -0.05) is 30.3 Å². The molecule has 1 heterocycles. The molecule has 6 nitrogen and oxygen atoms in total. The summed E-state index contributed by atoms with van der Waals surface area (Å²) in [5.41, 5.74) is 0.965. The van der Waals surface area contributed by atoms with Gasteiger partial charge in [-0.25, -0.2) is 10.2 Å². The summed E-state index contributed by atoms with van der Waals surface area (Å²) in [5.74, 6) is -0.424. The molecular formula is C14H21N2O4P. The van der Waals surface area contributed by atoms with Crippen LogP contribution in [0.5, 0.6) is 0 Å². The predicted molar refractivity (Wildman–Crippen MR) is 79.9 cm³/mol. The van der Waals surface area contributed by atoms with E-state index in [-0.39, 0.29) is 6.61 Å². The van der Waals surface area contributed by atoms with Crippen LogP contribution < -0.4 is 10.2 Å². The molecule has 0 aliphatic carbocycles. The lowest BCUT2D eigenvalue weighted by atomic mass is 10.1. The lowest BCUT2D eigenvalue weighted by Gasteiger charge is -2.28. The molecule has 1 aromatic rings. The highest BCUT2D eigenvalue weighted by Gasteiger charge is 2.33. The minimum atomic E-state index is -3.18. The molecule has 7 heteroatoms. The third-order valence-corrected chi connectivity index (χ3v) is 4.93. The number of carbonyl (C=O) groups is 1. The molecule has 1 fully saturated rings. The normalized spacial score (nSPS) is 23.5. The molecule has 116 valence electrons. The lowest BCUT2D eigenvalue weighted by molar-refractivity contribution is -0.145. The van der Waals surface area contributed by atoms with E-state index in [1.165, 1.54) is 0 Å². The Morgan fingerprint density at radius 3 is 2.86 bits per heavy atom. The van der Waals surface area contributed by atoms with Gasteiger partial charge in [-0.15, -0.1) is 0 Å². The van der Waals surface area contributed by atoms with Gasteiger partial charge in [0.25, 0.3) is 0 Å². The maximum absolute atomic E-state index is 12.5. The number of esters is 1. The molecule has 0 amide bonds. The van der Waals surface area contributed by atoms with Crippen LogP contribution >= 0.6 is 7.67 Å². The quantitative estimate of drug-likeness (QED) is 0.617. The van der Waals surface area contributed by atoms with E-state index >= 15 is 0 Å². The average molecular weight is 312 g/mol. The van der Waals surface area contributed by atoms with Gasteiger partial charge in [0.05, 0.1) is 13.2 Å². The van der Waals surface area contributed by atoms with Gasteiger partial charge in [0.2, 0.25) is 0 Å². The van der Waals surface area contributed by atoms with Gasteiger partial charge in [0.1, 0.15) is 6.04 Å². The minimum Gasteiger partial charge on any atom is -0.465 e. The molecule has 0 spiro atoms. The van der Waals surface area contributed by atoms with Gasteiger partial charge in [-0.3, -0.25) is 9.36 Å². The van der Waals surface area contributed by atoms with Gasteiger partial charge < -0.3 is 9.26 Å². The van der Waals surface area contributed by atoms with Crippen LogP contribution in [0.15, 0.2) is 30.3 Å². The number of ether oxygens (including phenoxy) is 1. The van der Waals surface area contributed by atoms with Crippen molar-refractivity contribution in [2.45, 2.75) is 25.8 Å². The largest absolute Gasteiger partial charge is 0.465 e. The summed E-state index contributed by atoms with van der Waals surface area (Å²) in [6.45, 7) is 3.04. The van der Waals surface area contributed by atoms with Crippen LogP contribution in [0, 0.1) is 0 Å². The van der Waals surface area contributed by atoms with Gasteiger partial charge in [-0.05, 0) is 25.3 Å². The molecule has 1 aliphatic heterocycles. The average Bonchev–Trinajstić information content (AvgIpc) is 2.48. The predicted octanol–water partition coefficient (Wildman–Crippen LogP) is 1.87. The summed E-state index contributed by atoms with van der Waals surface area (Å²) < 4.78 is 22.8. The highest BCUT2D eigenvalue weighted by molar-refractivity contribution is 7.54. The van der Waals surface area contributed by atoms with Crippen LogP contribution in [-0.4, -0.2) is 31.8 Å². The number of hydrogen-bond donors (Lipinski definition) is 2. The third kappa shape index (κ3) is 4.93. The zero-order valence-electron chi connectivity index (χ0n) is 12.1. The summed E-state index contributed by atoms with van der Waals surface area (Å²) >= 11 is 0. The van der Waals surface area contributed by atoms with E-state index in [2.05, 4.69) is 10.2 Å². The zero-order chi connectivity index (χ0) is 15.1. The van der Waals surface area contributed by atoms with Crippen LogP contribution in [0.4, 0.5) is 0 Å². The summed E-state index contributed by atoms with van der Waals surface area (Å²) in [5, 5.41) is 5.64. The molecule has 1 saturated heterocycles. The van der Waals surface area contributed by atoms with Crippen LogP contribution in [0.1, 0.15) is 18.9 Å². The molecule has 0 bridgehead atoms. The maximum Gasteiger partial charge on any atom is 0.341 e. The molecule has 2 atom stereocenters. The van der Waals surface area contributed by atoms with Crippen molar-refractivity contribution in [2.24, 2.45) is 0 Å². The molecule has 1 aliphatic rings. The van der Waals surface area contributed by atoms with Crippen molar-refractivity contribution >= 4 is 13.6 Å². The smallest absolute Gasteiger partial charge is 0.341 e. The monoisotopic (exact) mass is 312 g/mol. The first kappa shape index (κ1) is 16.2. The summed E-state index contributed by atoms with van der Waals surface area (Å²) in [6.07, 6.45) is 1.20. The van der Waals surface area contributed by atoms with E-state index in [1.807, 2.05) is 30.3 Å². The molecule has 0 saturated carbocycles. The molecule has 1 aromatic carbocycles. The molecule has 21 heavy (non-hydrogen) atoms. The number of rotatable bonds is 6. The second-order valence-electron chi connectivity index (χ2n) is 4.77. The molecule has 0 aromatic heterocycles. The van der Waals surface area contributed by atoms with Gasteiger partial charge in [0.15, 0.2) is 0 Å². The van der Waals surface area contributed by atoms with E-state index < -0.39 is 19.7 Å². The fourth-order valence-corrected chi connectivity index (χ4v) is 3.80. The molecule has 2 N–H and O–H groups in total. The minimum absolute atomic E-state index is 0.282. The number of nitrogens with one attached hydrogen (secondary N) is 2. The van der Waals surface area contributed by atoms with Gasteiger partial charge in [-0.2, -0.15) is 0 Å². The number of benzene rings is 1. The first-order valence-corrected chi connectivity index (χ1v) is 8.73. The molecule has 2 unspecified atom stereocenters.